The van der Waals surface area contributed by atoms with Crippen LogP contribution in [0.1, 0.15) is 29.9 Å². The molecule has 0 saturated heterocycles. The van der Waals surface area contributed by atoms with Crippen LogP contribution in [0, 0.1) is 5.82 Å². The Labute approximate surface area is 150 Å². The van der Waals surface area contributed by atoms with Crippen LogP contribution in [0.15, 0.2) is 59.1 Å². The second-order valence-electron chi connectivity index (χ2n) is 5.96. The lowest BCUT2D eigenvalue weighted by Crippen LogP contribution is -2.07. The van der Waals surface area contributed by atoms with Gasteiger partial charge in [0.05, 0.1) is 11.7 Å². The van der Waals surface area contributed by atoms with Crippen molar-refractivity contribution in [2.75, 3.05) is 0 Å². The predicted molar refractivity (Wildman–Crippen MR) is 93.2 cm³/mol. The van der Waals surface area contributed by atoms with E-state index in [4.69, 9.17) is 14.0 Å². The van der Waals surface area contributed by atoms with Crippen molar-refractivity contribution in [2.45, 2.75) is 26.6 Å². The normalized spacial score (nSPS) is 10.8. The van der Waals surface area contributed by atoms with Crippen LogP contribution in [0.25, 0.3) is 11.3 Å². The summed E-state index contributed by atoms with van der Waals surface area (Å²) in [7, 11) is 0. The standard InChI is InChI=1S/C20H18FNO4/c1-13(2)25-18-9-5-15(6-10-18)20(23)24-12-17-11-19(26-22-17)14-3-7-16(21)8-4-14/h3-11,13H,12H2,1-2H3. The summed E-state index contributed by atoms with van der Waals surface area (Å²) < 4.78 is 28.9. The predicted octanol–water partition coefficient (Wildman–Crippen LogP) is 4.62. The molecular formula is C20H18FNO4. The second kappa shape index (κ2) is 7.82. The number of nitrogens with zero attached hydrogens (tertiary/aromatic N) is 1. The van der Waals surface area contributed by atoms with E-state index in [1.807, 2.05) is 13.8 Å². The van der Waals surface area contributed by atoms with Gasteiger partial charge in [0.25, 0.3) is 0 Å². The Balaban J connectivity index is 1.58. The zero-order valence-electron chi connectivity index (χ0n) is 14.4. The Kier molecular flexibility index (Phi) is 5.31. The maximum atomic E-state index is 13.0. The Hall–Kier alpha value is -3.15. The number of benzene rings is 2. The number of halogens is 1. The summed E-state index contributed by atoms with van der Waals surface area (Å²) in [5.41, 5.74) is 1.58. The number of esters is 1. The lowest BCUT2D eigenvalue weighted by Gasteiger charge is -2.09. The van der Waals surface area contributed by atoms with E-state index in [1.165, 1.54) is 12.1 Å². The lowest BCUT2D eigenvalue weighted by atomic mass is 10.1. The smallest absolute Gasteiger partial charge is 0.338 e. The van der Waals surface area contributed by atoms with Crippen molar-refractivity contribution in [3.05, 3.63) is 71.7 Å². The van der Waals surface area contributed by atoms with Gasteiger partial charge in [-0.05, 0) is 62.4 Å². The van der Waals surface area contributed by atoms with Crippen LogP contribution in [-0.4, -0.2) is 17.2 Å². The van der Waals surface area contributed by atoms with E-state index >= 15 is 0 Å². The van der Waals surface area contributed by atoms with E-state index in [-0.39, 0.29) is 18.5 Å². The minimum absolute atomic E-state index is 0.0201. The summed E-state index contributed by atoms with van der Waals surface area (Å²) in [6.45, 7) is 3.84. The van der Waals surface area contributed by atoms with Gasteiger partial charge in [0, 0.05) is 11.6 Å². The van der Waals surface area contributed by atoms with E-state index < -0.39 is 5.97 Å². The third-order valence-corrected chi connectivity index (χ3v) is 3.50. The summed E-state index contributed by atoms with van der Waals surface area (Å²) in [6.07, 6.45) is 0.0651. The molecule has 3 aromatic rings. The van der Waals surface area contributed by atoms with Gasteiger partial charge in [-0.15, -0.1) is 0 Å². The molecule has 0 spiro atoms. The van der Waals surface area contributed by atoms with Crippen molar-refractivity contribution in [3.8, 4) is 17.1 Å². The van der Waals surface area contributed by atoms with Gasteiger partial charge in [-0.3, -0.25) is 0 Å². The quantitative estimate of drug-likeness (QED) is 0.604. The van der Waals surface area contributed by atoms with Gasteiger partial charge in [0.2, 0.25) is 0 Å². The fourth-order valence-corrected chi connectivity index (χ4v) is 2.29. The van der Waals surface area contributed by atoms with Gasteiger partial charge < -0.3 is 14.0 Å². The monoisotopic (exact) mass is 355 g/mol. The molecule has 0 aliphatic rings. The summed E-state index contributed by atoms with van der Waals surface area (Å²) in [5, 5.41) is 3.86. The summed E-state index contributed by atoms with van der Waals surface area (Å²) in [5.74, 6) is 0.378. The summed E-state index contributed by atoms with van der Waals surface area (Å²) >= 11 is 0. The number of hydrogen-bond acceptors (Lipinski definition) is 5. The maximum absolute atomic E-state index is 13.0. The van der Waals surface area contributed by atoms with Crippen LogP contribution in [0.5, 0.6) is 5.75 Å². The molecule has 0 amide bonds. The van der Waals surface area contributed by atoms with Gasteiger partial charge in [-0.25, -0.2) is 9.18 Å². The first kappa shape index (κ1) is 17.7. The van der Waals surface area contributed by atoms with Crippen molar-refractivity contribution in [3.63, 3.8) is 0 Å². The van der Waals surface area contributed by atoms with Crippen LogP contribution in [0.3, 0.4) is 0 Å². The lowest BCUT2D eigenvalue weighted by molar-refractivity contribution is 0.0464. The number of rotatable bonds is 6. The molecule has 0 fully saturated rings. The van der Waals surface area contributed by atoms with Crippen LogP contribution in [0.2, 0.25) is 0 Å². The molecule has 0 unspecified atom stereocenters. The highest BCUT2D eigenvalue weighted by Gasteiger charge is 2.11. The van der Waals surface area contributed by atoms with E-state index in [1.54, 1.807) is 42.5 Å². The molecule has 0 saturated carbocycles. The van der Waals surface area contributed by atoms with Gasteiger partial charge >= 0.3 is 5.97 Å². The van der Waals surface area contributed by atoms with E-state index in [2.05, 4.69) is 5.16 Å². The van der Waals surface area contributed by atoms with Crippen molar-refractivity contribution in [1.29, 1.82) is 0 Å². The van der Waals surface area contributed by atoms with Gasteiger partial charge in [0.15, 0.2) is 5.76 Å². The minimum atomic E-state index is -0.465. The number of hydrogen-bond donors (Lipinski definition) is 0. The molecule has 2 aromatic carbocycles. The number of ether oxygens (including phenoxy) is 2. The first-order valence-corrected chi connectivity index (χ1v) is 8.16. The fraction of sp³-hybridized carbons (Fsp3) is 0.200. The van der Waals surface area contributed by atoms with Crippen LogP contribution in [0.4, 0.5) is 4.39 Å². The molecule has 0 bridgehead atoms. The van der Waals surface area contributed by atoms with Crippen molar-refractivity contribution >= 4 is 5.97 Å². The Morgan fingerprint density at radius 3 is 2.46 bits per heavy atom. The van der Waals surface area contributed by atoms with E-state index in [0.717, 1.165) is 0 Å². The van der Waals surface area contributed by atoms with Crippen LogP contribution in [-0.2, 0) is 11.3 Å². The Morgan fingerprint density at radius 2 is 1.81 bits per heavy atom. The Morgan fingerprint density at radius 1 is 1.12 bits per heavy atom. The third kappa shape index (κ3) is 4.47. The summed E-state index contributed by atoms with van der Waals surface area (Å²) in [4.78, 5) is 12.1. The molecule has 0 atom stereocenters. The van der Waals surface area contributed by atoms with Gasteiger partial charge in [-0.2, -0.15) is 0 Å². The van der Waals surface area contributed by atoms with Crippen LogP contribution < -0.4 is 4.74 Å². The number of carbonyl (C=O) groups is 1. The largest absolute Gasteiger partial charge is 0.491 e. The molecule has 3 rings (SSSR count). The average Bonchev–Trinajstić information content (AvgIpc) is 3.09. The van der Waals surface area contributed by atoms with Crippen molar-refractivity contribution in [1.82, 2.24) is 5.16 Å². The fourth-order valence-electron chi connectivity index (χ4n) is 2.29. The molecule has 6 heteroatoms. The molecule has 1 heterocycles. The molecule has 0 aliphatic carbocycles. The second-order valence-corrected chi connectivity index (χ2v) is 5.96. The summed E-state index contributed by atoms with van der Waals surface area (Å²) in [6, 6.07) is 14.2. The molecular weight excluding hydrogens is 337 g/mol. The molecule has 5 nitrogen and oxygen atoms in total. The molecule has 0 aliphatic heterocycles. The SMILES string of the molecule is CC(C)Oc1ccc(C(=O)OCc2cc(-c3ccc(F)cc3)on2)cc1. The average molecular weight is 355 g/mol. The Bertz CT molecular complexity index is 870. The highest BCUT2D eigenvalue weighted by Crippen LogP contribution is 2.21. The van der Waals surface area contributed by atoms with Crippen molar-refractivity contribution < 1.29 is 23.2 Å². The molecule has 0 radical (unpaired) electrons. The molecule has 26 heavy (non-hydrogen) atoms. The maximum Gasteiger partial charge on any atom is 0.338 e. The highest BCUT2D eigenvalue weighted by atomic mass is 19.1. The van der Waals surface area contributed by atoms with Gasteiger partial charge in [0.1, 0.15) is 23.9 Å². The minimum Gasteiger partial charge on any atom is -0.491 e. The van der Waals surface area contributed by atoms with E-state index in [9.17, 15) is 9.18 Å². The number of carbonyl (C=O) groups excluding carboxylic acids is 1. The molecule has 134 valence electrons. The van der Waals surface area contributed by atoms with Crippen molar-refractivity contribution in [2.24, 2.45) is 0 Å². The molecule has 1 aromatic heterocycles. The first-order valence-electron chi connectivity index (χ1n) is 8.16. The zero-order valence-corrected chi connectivity index (χ0v) is 14.4. The first-order chi connectivity index (χ1) is 12.5. The third-order valence-electron chi connectivity index (χ3n) is 3.50. The zero-order chi connectivity index (χ0) is 18.5. The van der Waals surface area contributed by atoms with Gasteiger partial charge in [-0.1, -0.05) is 5.16 Å². The molecule has 0 N–H and O–H groups in total. The van der Waals surface area contributed by atoms with Crippen LogP contribution >= 0.6 is 0 Å². The number of aromatic nitrogens is 1. The topological polar surface area (TPSA) is 61.6 Å². The highest BCUT2D eigenvalue weighted by molar-refractivity contribution is 5.89. The van der Waals surface area contributed by atoms with E-state index in [0.29, 0.717) is 28.3 Å².